The molecule has 1 aromatic rings. The third kappa shape index (κ3) is 2.65. The van der Waals surface area contributed by atoms with Crippen molar-refractivity contribution in [2.24, 2.45) is 5.41 Å². The maximum Gasteiger partial charge on any atom is 0.0488 e. The third-order valence-corrected chi connectivity index (χ3v) is 4.72. The molecule has 0 saturated carbocycles. The molecule has 1 aromatic heterocycles. The molecule has 0 amide bonds. The highest BCUT2D eigenvalue weighted by atomic mass is 32.1. The SMILES string of the molecule is CCC1(CO)CCN(Cc2ccsc2)CC1. The van der Waals surface area contributed by atoms with Crippen molar-refractivity contribution in [3.05, 3.63) is 22.4 Å². The molecule has 1 N–H and O–H groups in total. The number of hydrogen-bond donors (Lipinski definition) is 1. The van der Waals surface area contributed by atoms with Crippen LogP contribution in [0.5, 0.6) is 0 Å². The van der Waals surface area contributed by atoms with Gasteiger partial charge in [-0.05, 0) is 60.2 Å². The first-order chi connectivity index (χ1) is 7.78. The summed E-state index contributed by atoms with van der Waals surface area (Å²) < 4.78 is 0. The fourth-order valence-electron chi connectivity index (χ4n) is 2.45. The van der Waals surface area contributed by atoms with Gasteiger partial charge in [-0.25, -0.2) is 0 Å². The van der Waals surface area contributed by atoms with E-state index < -0.39 is 0 Å². The van der Waals surface area contributed by atoms with Gasteiger partial charge in [0.05, 0.1) is 0 Å². The van der Waals surface area contributed by atoms with Crippen LogP contribution in [0.2, 0.25) is 0 Å². The number of aliphatic hydroxyl groups is 1. The van der Waals surface area contributed by atoms with Gasteiger partial charge in [0.25, 0.3) is 0 Å². The van der Waals surface area contributed by atoms with Crippen molar-refractivity contribution in [1.82, 2.24) is 4.90 Å². The number of piperidine rings is 1. The number of rotatable bonds is 4. The largest absolute Gasteiger partial charge is 0.396 e. The molecule has 2 rings (SSSR count). The number of thiophene rings is 1. The minimum Gasteiger partial charge on any atom is -0.396 e. The van der Waals surface area contributed by atoms with E-state index in [9.17, 15) is 5.11 Å². The van der Waals surface area contributed by atoms with E-state index in [1.54, 1.807) is 11.3 Å². The van der Waals surface area contributed by atoms with Gasteiger partial charge >= 0.3 is 0 Å². The van der Waals surface area contributed by atoms with Crippen LogP contribution in [0.1, 0.15) is 31.7 Å². The Morgan fingerprint density at radius 2 is 2.19 bits per heavy atom. The molecule has 0 bridgehead atoms. The number of hydrogen-bond acceptors (Lipinski definition) is 3. The molecule has 2 heterocycles. The van der Waals surface area contributed by atoms with Gasteiger partial charge in [0.2, 0.25) is 0 Å². The highest BCUT2D eigenvalue weighted by Crippen LogP contribution is 2.34. The van der Waals surface area contributed by atoms with E-state index in [2.05, 4.69) is 28.7 Å². The Morgan fingerprint density at radius 3 is 2.69 bits per heavy atom. The summed E-state index contributed by atoms with van der Waals surface area (Å²) >= 11 is 1.77. The van der Waals surface area contributed by atoms with Crippen LogP contribution in [0, 0.1) is 5.41 Å². The van der Waals surface area contributed by atoms with Crippen LogP contribution in [0.3, 0.4) is 0 Å². The molecular formula is C13H21NOS. The zero-order chi connectivity index (χ0) is 11.4. The fraction of sp³-hybridized carbons (Fsp3) is 0.692. The number of aliphatic hydroxyl groups excluding tert-OH is 1. The lowest BCUT2D eigenvalue weighted by atomic mass is 9.77. The van der Waals surface area contributed by atoms with Gasteiger partial charge in [-0.3, -0.25) is 4.90 Å². The van der Waals surface area contributed by atoms with Crippen LogP contribution in [-0.2, 0) is 6.54 Å². The van der Waals surface area contributed by atoms with Crippen molar-refractivity contribution in [3.8, 4) is 0 Å². The molecule has 0 unspecified atom stereocenters. The second-order valence-electron chi connectivity index (χ2n) is 4.92. The average molecular weight is 239 g/mol. The van der Waals surface area contributed by atoms with E-state index in [0.717, 1.165) is 38.9 Å². The quantitative estimate of drug-likeness (QED) is 0.873. The number of nitrogens with zero attached hydrogens (tertiary/aromatic N) is 1. The van der Waals surface area contributed by atoms with Gasteiger partial charge in [0.15, 0.2) is 0 Å². The van der Waals surface area contributed by atoms with Crippen LogP contribution in [0.4, 0.5) is 0 Å². The highest BCUT2D eigenvalue weighted by molar-refractivity contribution is 7.07. The summed E-state index contributed by atoms with van der Waals surface area (Å²) in [5.74, 6) is 0. The second kappa shape index (κ2) is 5.30. The van der Waals surface area contributed by atoms with E-state index in [1.165, 1.54) is 5.56 Å². The summed E-state index contributed by atoms with van der Waals surface area (Å²) in [6.45, 7) is 5.89. The molecule has 0 spiro atoms. The molecule has 3 heteroatoms. The molecule has 2 nitrogen and oxygen atoms in total. The first-order valence-corrected chi connectivity index (χ1v) is 7.06. The van der Waals surface area contributed by atoms with Gasteiger partial charge in [0, 0.05) is 13.2 Å². The van der Waals surface area contributed by atoms with E-state index in [1.807, 2.05) is 0 Å². The van der Waals surface area contributed by atoms with Crippen molar-refractivity contribution in [3.63, 3.8) is 0 Å². The zero-order valence-electron chi connectivity index (χ0n) is 9.98. The number of likely N-dealkylation sites (tertiary alicyclic amines) is 1. The molecule has 16 heavy (non-hydrogen) atoms. The minimum atomic E-state index is 0.213. The molecule has 0 radical (unpaired) electrons. The molecule has 1 fully saturated rings. The summed E-state index contributed by atoms with van der Waals surface area (Å²) in [6.07, 6.45) is 3.39. The van der Waals surface area contributed by atoms with Gasteiger partial charge < -0.3 is 5.11 Å². The van der Waals surface area contributed by atoms with E-state index in [0.29, 0.717) is 6.61 Å². The Morgan fingerprint density at radius 1 is 1.44 bits per heavy atom. The summed E-state index contributed by atoms with van der Waals surface area (Å²) in [7, 11) is 0. The Hall–Kier alpha value is -0.380. The van der Waals surface area contributed by atoms with E-state index in [4.69, 9.17) is 0 Å². The van der Waals surface area contributed by atoms with Crippen molar-refractivity contribution in [1.29, 1.82) is 0 Å². The van der Waals surface area contributed by atoms with Crippen LogP contribution in [0.15, 0.2) is 16.8 Å². The second-order valence-corrected chi connectivity index (χ2v) is 5.70. The first kappa shape index (κ1) is 12.1. The Balaban J connectivity index is 1.85. The van der Waals surface area contributed by atoms with E-state index in [-0.39, 0.29) is 5.41 Å². The topological polar surface area (TPSA) is 23.5 Å². The van der Waals surface area contributed by atoms with Crippen molar-refractivity contribution in [2.45, 2.75) is 32.7 Å². The van der Waals surface area contributed by atoms with Crippen LogP contribution in [-0.4, -0.2) is 29.7 Å². The monoisotopic (exact) mass is 239 g/mol. The lowest BCUT2D eigenvalue weighted by Crippen LogP contribution is -2.41. The van der Waals surface area contributed by atoms with Gasteiger partial charge in [-0.1, -0.05) is 6.92 Å². The lowest BCUT2D eigenvalue weighted by molar-refractivity contribution is 0.0383. The zero-order valence-corrected chi connectivity index (χ0v) is 10.8. The van der Waals surface area contributed by atoms with Gasteiger partial charge in [-0.15, -0.1) is 0 Å². The summed E-state index contributed by atoms with van der Waals surface area (Å²) in [4.78, 5) is 2.51. The molecule has 1 aliphatic heterocycles. The predicted molar refractivity (Wildman–Crippen MR) is 68.6 cm³/mol. The van der Waals surface area contributed by atoms with Crippen molar-refractivity contribution >= 4 is 11.3 Å². The maximum absolute atomic E-state index is 9.47. The molecule has 0 aromatic carbocycles. The predicted octanol–water partition coefficient (Wildman–Crippen LogP) is 2.73. The van der Waals surface area contributed by atoms with Crippen LogP contribution < -0.4 is 0 Å². The Labute approximate surface area is 102 Å². The van der Waals surface area contributed by atoms with Gasteiger partial charge in [-0.2, -0.15) is 11.3 Å². The van der Waals surface area contributed by atoms with Crippen LogP contribution in [0.25, 0.3) is 0 Å². The third-order valence-electron chi connectivity index (χ3n) is 3.99. The summed E-state index contributed by atoms with van der Waals surface area (Å²) in [6, 6.07) is 2.21. The molecular weight excluding hydrogens is 218 g/mol. The average Bonchev–Trinajstić information content (AvgIpc) is 2.83. The maximum atomic E-state index is 9.47. The molecule has 0 aliphatic carbocycles. The standard InChI is InChI=1S/C13H21NOS/c1-2-13(11-15)4-6-14(7-5-13)9-12-3-8-16-10-12/h3,8,10,15H,2,4-7,9,11H2,1H3. The molecule has 0 atom stereocenters. The lowest BCUT2D eigenvalue weighted by Gasteiger charge is -2.40. The molecule has 1 aliphatic rings. The fourth-order valence-corrected chi connectivity index (χ4v) is 3.11. The van der Waals surface area contributed by atoms with Crippen molar-refractivity contribution in [2.75, 3.05) is 19.7 Å². The smallest absolute Gasteiger partial charge is 0.0488 e. The first-order valence-electron chi connectivity index (χ1n) is 6.12. The van der Waals surface area contributed by atoms with Crippen LogP contribution >= 0.6 is 11.3 Å². The van der Waals surface area contributed by atoms with Crippen molar-refractivity contribution < 1.29 is 5.11 Å². The summed E-state index contributed by atoms with van der Waals surface area (Å²) in [5, 5.41) is 13.8. The Bertz CT molecular complexity index is 296. The highest BCUT2D eigenvalue weighted by Gasteiger charge is 2.32. The van der Waals surface area contributed by atoms with E-state index >= 15 is 0 Å². The van der Waals surface area contributed by atoms with Gasteiger partial charge in [0.1, 0.15) is 0 Å². The molecule has 90 valence electrons. The molecule has 1 saturated heterocycles. The summed E-state index contributed by atoms with van der Waals surface area (Å²) in [5.41, 5.74) is 1.64. The Kier molecular flexibility index (Phi) is 4.00. The minimum absolute atomic E-state index is 0.213. The normalized spacial score (nSPS) is 21.1.